The van der Waals surface area contributed by atoms with Crippen molar-refractivity contribution in [3.63, 3.8) is 0 Å². The van der Waals surface area contributed by atoms with E-state index < -0.39 is 0 Å². The van der Waals surface area contributed by atoms with Gasteiger partial charge in [0.2, 0.25) is 0 Å². The van der Waals surface area contributed by atoms with E-state index in [1.807, 2.05) is 18.2 Å². The van der Waals surface area contributed by atoms with Crippen molar-refractivity contribution >= 4 is 21.7 Å². The zero-order valence-corrected chi connectivity index (χ0v) is 13.0. The molecule has 1 aromatic rings. The first-order valence-corrected chi connectivity index (χ1v) is 7.47. The van der Waals surface area contributed by atoms with Gasteiger partial charge < -0.3 is 10.1 Å². The minimum atomic E-state index is -0.187. The van der Waals surface area contributed by atoms with Crippen molar-refractivity contribution in [2.24, 2.45) is 5.41 Å². The van der Waals surface area contributed by atoms with E-state index in [2.05, 4.69) is 28.2 Å². The lowest BCUT2D eigenvalue weighted by molar-refractivity contribution is -0.127. The number of nitrogens with one attached hydrogen (secondary N) is 1. The highest BCUT2D eigenvalue weighted by molar-refractivity contribution is 9.10. The van der Waals surface area contributed by atoms with Crippen molar-refractivity contribution in [3.05, 3.63) is 28.2 Å². The monoisotopic (exact) mass is 325 g/mol. The van der Waals surface area contributed by atoms with Crippen LogP contribution in [-0.4, -0.2) is 26.0 Å². The van der Waals surface area contributed by atoms with Gasteiger partial charge in [0.05, 0.1) is 7.11 Å². The van der Waals surface area contributed by atoms with Gasteiger partial charge in [0.25, 0.3) is 0 Å². The fourth-order valence-electron chi connectivity index (χ4n) is 2.73. The smallest absolute Gasteiger partial charge is 0.144 e. The van der Waals surface area contributed by atoms with Gasteiger partial charge in [-0.25, -0.2) is 0 Å². The molecule has 0 amide bonds. The van der Waals surface area contributed by atoms with Crippen molar-refractivity contribution < 1.29 is 9.53 Å². The largest absolute Gasteiger partial charge is 0.496 e. The third-order valence-corrected chi connectivity index (χ3v) is 4.60. The molecule has 1 heterocycles. The van der Waals surface area contributed by atoms with Gasteiger partial charge in [-0.2, -0.15) is 0 Å². The zero-order valence-electron chi connectivity index (χ0n) is 11.5. The fraction of sp³-hybridized carbons (Fsp3) is 0.533. The molecule has 1 atom stereocenters. The number of ether oxygens (including phenoxy) is 1. The summed E-state index contributed by atoms with van der Waals surface area (Å²) >= 11 is 3.45. The maximum absolute atomic E-state index is 12.6. The summed E-state index contributed by atoms with van der Waals surface area (Å²) in [4.78, 5) is 12.6. The highest BCUT2D eigenvalue weighted by Gasteiger charge is 2.39. The Balaban J connectivity index is 2.20. The molecule has 1 unspecified atom stereocenters. The number of hydrogen-bond acceptors (Lipinski definition) is 3. The SMILES string of the molecule is CCC1(C(=O)Cc2cc(Br)ccc2OC)CCNC1. The lowest BCUT2D eigenvalue weighted by Gasteiger charge is -2.25. The normalized spacial score (nSPS) is 22.5. The van der Waals surface area contributed by atoms with Crippen LogP contribution in [0.15, 0.2) is 22.7 Å². The lowest BCUT2D eigenvalue weighted by Crippen LogP contribution is -2.34. The molecule has 0 bridgehead atoms. The van der Waals surface area contributed by atoms with Crippen LogP contribution in [0.2, 0.25) is 0 Å². The van der Waals surface area contributed by atoms with E-state index in [1.54, 1.807) is 7.11 Å². The van der Waals surface area contributed by atoms with Gasteiger partial charge in [-0.15, -0.1) is 0 Å². The summed E-state index contributed by atoms with van der Waals surface area (Å²) in [7, 11) is 1.64. The van der Waals surface area contributed by atoms with E-state index in [1.165, 1.54) is 0 Å². The Hall–Kier alpha value is -0.870. The summed E-state index contributed by atoms with van der Waals surface area (Å²) in [6.45, 7) is 3.84. The van der Waals surface area contributed by atoms with Crippen LogP contribution < -0.4 is 10.1 Å². The first kappa shape index (κ1) is 14.5. The van der Waals surface area contributed by atoms with Gasteiger partial charge in [-0.3, -0.25) is 4.79 Å². The summed E-state index contributed by atoms with van der Waals surface area (Å²) < 4.78 is 6.32. The second-order valence-electron chi connectivity index (χ2n) is 5.12. The molecule has 1 aromatic carbocycles. The van der Waals surface area contributed by atoms with Gasteiger partial charge in [-0.1, -0.05) is 22.9 Å². The van der Waals surface area contributed by atoms with Crippen LogP contribution in [0.5, 0.6) is 5.75 Å². The van der Waals surface area contributed by atoms with Gasteiger partial charge in [0.1, 0.15) is 11.5 Å². The first-order valence-electron chi connectivity index (χ1n) is 6.68. The Morgan fingerprint density at radius 3 is 2.89 bits per heavy atom. The maximum atomic E-state index is 12.6. The first-order chi connectivity index (χ1) is 9.11. The number of methoxy groups -OCH3 is 1. The molecule has 0 aromatic heterocycles. The molecule has 0 aliphatic carbocycles. The molecule has 0 spiro atoms. The second kappa shape index (κ2) is 6.06. The van der Waals surface area contributed by atoms with Crippen LogP contribution in [0, 0.1) is 5.41 Å². The van der Waals surface area contributed by atoms with E-state index in [9.17, 15) is 4.79 Å². The van der Waals surface area contributed by atoms with Crippen molar-refractivity contribution in [1.29, 1.82) is 0 Å². The average Bonchev–Trinajstić information content (AvgIpc) is 2.89. The summed E-state index contributed by atoms with van der Waals surface area (Å²) in [5.41, 5.74) is 0.773. The minimum absolute atomic E-state index is 0.187. The molecule has 19 heavy (non-hydrogen) atoms. The standard InChI is InChI=1S/C15H20BrNO2/c1-3-15(6-7-17-10-15)14(18)9-11-8-12(16)4-5-13(11)19-2/h4-5,8,17H,3,6-7,9-10H2,1-2H3. The van der Waals surface area contributed by atoms with Crippen LogP contribution in [-0.2, 0) is 11.2 Å². The molecular weight excluding hydrogens is 306 g/mol. The maximum Gasteiger partial charge on any atom is 0.144 e. The van der Waals surface area contributed by atoms with Crippen LogP contribution in [0.4, 0.5) is 0 Å². The molecule has 1 aliphatic rings. The van der Waals surface area contributed by atoms with Crippen LogP contribution in [0.1, 0.15) is 25.3 Å². The predicted molar refractivity (Wildman–Crippen MR) is 79.6 cm³/mol. The van der Waals surface area contributed by atoms with Gasteiger partial charge in [0.15, 0.2) is 0 Å². The van der Waals surface area contributed by atoms with Gasteiger partial charge in [-0.05, 0) is 37.6 Å². The Labute approximate surface area is 122 Å². The fourth-order valence-corrected chi connectivity index (χ4v) is 3.13. The minimum Gasteiger partial charge on any atom is -0.496 e. The molecular formula is C15H20BrNO2. The molecule has 1 fully saturated rings. The highest BCUT2D eigenvalue weighted by atomic mass is 79.9. The van der Waals surface area contributed by atoms with E-state index in [0.717, 1.165) is 41.7 Å². The van der Waals surface area contributed by atoms with Crippen LogP contribution >= 0.6 is 15.9 Å². The quantitative estimate of drug-likeness (QED) is 0.904. The zero-order chi connectivity index (χ0) is 13.9. The molecule has 104 valence electrons. The summed E-state index contributed by atoms with van der Waals surface area (Å²) in [5.74, 6) is 1.10. The molecule has 1 saturated heterocycles. The van der Waals surface area contributed by atoms with E-state index >= 15 is 0 Å². The average molecular weight is 326 g/mol. The van der Waals surface area contributed by atoms with E-state index in [0.29, 0.717) is 12.2 Å². The van der Waals surface area contributed by atoms with Crippen molar-refractivity contribution in [2.75, 3.05) is 20.2 Å². The number of carbonyl (C=O) groups excluding carboxylic acids is 1. The topological polar surface area (TPSA) is 38.3 Å². The van der Waals surface area contributed by atoms with Crippen LogP contribution in [0.3, 0.4) is 0 Å². The molecule has 4 heteroatoms. The summed E-state index contributed by atoms with van der Waals surface area (Å²) in [6, 6.07) is 5.81. The highest BCUT2D eigenvalue weighted by Crippen LogP contribution is 2.33. The molecule has 0 saturated carbocycles. The predicted octanol–water partition coefficient (Wildman–Crippen LogP) is 2.96. The van der Waals surface area contributed by atoms with Gasteiger partial charge >= 0.3 is 0 Å². The molecule has 0 radical (unpaired) electrons. The third kappa shape index (κ3) is 3.00. The van der Waals surface area contributed by atoms with Crippen molar-refractivity contribution in [2.45, 2.75) is 26.2 Å². The number of hydrogen-bond donors (Lipinski definition) is 1. The number of ketones is 1. The number of halogens is 1. The van der Waals surface area contributed by atoms with Gasteiger partial charge in [0, 0.05) is 28.4 Å². The molecule has 1 N–H and O–H groups in total. The summed E-state index contributed by atoms with van der Waals surface area (Å²) in [6.07, 6.45) is 2.28. The number of carbonyl (C=O) groups is 1. The Morgan fingerprint density at radius 1 is 1.53 bits per heavy atom. The third-order valence-electron chi connectivity index (χ3n) is 4.11. The Morgan fingerprint density at radius 2 is 2.32 bits per heavy atom. The summed E-state index contributed by atoms with van der Waals surface area (Å²) in [5, 5.41) is 3.31. The number of rotatable bonds is 5. The van der Waals surface area contributed by atoms with Crippen LogP contribution in [0.25, 0.3) is 0 Å². The number of benzene rings is 1. The lowest BCUT2D eigenvalue weighted by atomic mass is 9.78. The Kier molecular flexibility index (Phi) is 4.63. The van der Waals surface area contributed by atoms with E-state index in [4.69, 9.17) is 4.74 Å². The molecule has 1 aliphatic heterocycles. The van der Waals surface area contributed by atoms with Crippen molar-refractivity contribution in [1.82, 2.24) is 5.32 Å². The Bertz CT molecular complexity index is 467. The molecule has 3 nitrogen and oxygen atoms in total. The van der Waals surface area contributed by atoms with E-state index in [-0.39, 0.29) is 5.41 Å². The second-order valence-corrected chi connectivity index (χ2v) is 6.03. The van der Waals surface area contributed by atoms with Crippen molar-refractivity contribution in [3.8, 4) is 5.75 Å². The number of Topliss-reactive ketones (excluding diaryl/α,β-unsaturated/α-hetero) is 1. The molecule has 2 rings (SSSR count).